The molecule has 1 fully saturated rings. The summed E-state index contributed by atoms with van der Waals surface area (Å²) >= 11 is 0. The molecule has 1 heterocycles. The summed E-state index contributed by atoms with van der Waals surface area (Å²) in [5.41, 5.74) is 7.11. The minimum absolute atomic E-state index is 0.155. The van der Waals surface area contributed by atoms with E-state index >= 15 is 0 Å². The van der Waals surface area contributed by atoms with Crippen LogP contribution in [-0.4, -0.2) is 32.3 Å². The number of nitrogens with two attached hydrogens (primary N) is 1. The fourth-order valence-electron chi connectivity index (χ4n) is 2.31. The number of morpholine rings is 1. The highest BCUT2D eigenvalue weighted by atomic mass is 19.1. The van der Waals surface area contributed by atoms with Crippen molar-refractivity contribution in [3.8, 4) is 0 Å². The SMILES string of the molecule is CCC1CN(c2ccc(CCN)cc2F)CCO1. The Hall–Kier alpha value is -1.13. The molecule has 2 rings (SSSR count). The summed E-state index contributed by atoms with van der Waals surface area (Å²) < 4.78 is 19.7. The van der Waals surface area contributed by atoms with Crippen molar-refractivity contribution in [2.24, 2.45) is 5.73 Å². The van der Waals surface area contributed by atoms with Gasteiger partial charge in [0.25, 0.3) is 0 Å². The lowest BCUT2D eigenvalue weighted by Crippen LogP contribution is -2.42. The van der Waals surface area contributed by atoms with Crippen LogP contribution < -0.4 is 10.6 Å². The summed E-state index contributed by atoms with van der Waals surface area (Å²) in [6, 6.07) is 5.42. The Kier molecular flexibility index (Phi) is 4.55. The molecular weight excluding hydrogens is 231 g/mol. The first-order chi connectivity index (χ1) is 8.74. The molecule has 0 spiro atoms. The zero-order chi connectivity index (χ0) is 13.0. The Labute approximate surface area is 108 Å². The van der Waals surface area contributed by atoms with Crippen molar-refractivity contribution < 1.29 is 9.13 Å². The number of halogens is 1. The summed E-state index contributed by atoms with van der Waals surface area (Å²) in [6.07, 6.45) is 1.89. The highest BCUT2D eigenvalue weighted by Crippen LogP contribution is 2.23. The van der Waals surface area contributed by atoms with Gasteiger partial charge in [-0.05, 0) is 37.1 Å². The molecule has 1 atom stereocenters. The molecule has 4 heteroatoms. The Bertz CT molecular complexity index is 397. The smallest absolute Gasteiger partial charge is 0.146 e. The van der Waals surface area contributed by atoms with Crippen LogP contribution in [0.1, 0.15) is 18.9 Å². The Balaban J connectivity index is 2.12. The second kappa shape index (κ2) is 6.16. The van der Waals surface area contributed by atoms with Crippen molar-refractivity contribution in [1.29, 1.82) is 0 Å². The van der Waals surface area contributed by atoms with Crippen LogP contribution in [0.15, 0.2) is 18.2 Å². The highest BCUT2D eigenvalue weighted by Gasteiger charge is 2.21. The molecule has 18 heavy (non-hydrogen) atoms. The molecule has 0 saturated carbocycles. The van der Waals surface area contributed by atoms with Gasteiger partial charge in [-0.3, -0.25) is 0 Å². The maximum atomic E-state index is 14.1. The molecule has 1 aliphatic rings. The van der Waals surface area contributed by atoms with Gasteiger partial charge < -0.3 is 15.4 Å². The minimum Gasteiger partial charge on any atom is -0.375 e. The van der Waals surface area contributed by atoms with E-state index in [2.05, 4.69) is 11.8 Å². The highest BCUT2D eigenvalue weighted by molar-refractivity contribution is 5.49. The van der Waals surface area contributed by atoms with Gasteiger partial charge in [-0.2, -0.15) is 0 Å². The maximum absolute atomic E-state index is 14.1. The van der Waals surface area contributed by atoms with Crippen molar-refractivity contribution in [2.75, 3.05) is 31.1 Å². The van der Waals surface area contributed by atoms with Crippen LogP contribution in [-0.2, 0) is 11.2 Å². The molecule has 1 unspecified atom stereocenters. The summed E-state index contributed by atoms with van der Waals surface area (Å²) in [6.45, 7) is 4.83. The third-order valence-corrected chi connectivity index (χ3v) is 3.38. The Morgan fingerprint density at radius 3 is 3.00 bits per heavy atom. The largest absolute Gasteiger partial charge is 0.375 e. The molecule has 0 bridgehead atoms. The van der Waals surface area contributed by atoms with E-state index in [0.717, 1.165) is 31.5 Å². The molecule has 100 valence electrons. The van der Waals surface area contributed by atoms with E-state index in [1.807, 2.05) is 12.1 Å². The van der Waals surface area contributed by atoms with Crippen LogP contribution in [0.3, 0.4) is 0 Å². The van der Waals surface area contributed by atoms with Gasteiger partial charge >= 0.3 is 0 Å². The van der Waals surface area contributed by atoms with Gasteiger partial charge in [0.15, 0.2) is 0 Å². The summed E-state index contributed by atoms with van der Waals surface area (Å²) in [7, 11) is 0. The van der Waals surface area contributed by atoms with E-state index in [4.69, 9.17) is 10.5 Å². The van der Waals surface area contributed by atoms with Gasteiger partial charge in [0, 0.05) is 13.1 Å². The number of ether oxygens (including phenoxy) is 1. The fourth-order valence-corrected chi connectivity index (χ4v) is 2.31. The van der Waals surface area contributed by atoms with Crippen molar-refractivity contribution in [3.05, 3.63) is 29.6 Å². The van der Waals surface area contributed by atoms with Crippen LogP contribution in [0.5, 0.6) is 0 Å². The van der Waals surface area contributed by atoms with E-state index in [1.165, 1.54) is 0 Å². The Morgan fingerprint density at radius 1 is 1.50 bits per heavy atom. The van der Waals surface area contributed by atoms with Gasteiger partial charge in [0.2, 0.25) is 0 Å². The van der Waals surface area contributed by atoms with Gasteiger partial charge in [-0.1, -0.05) is 13.0 Å². The quantitative estimate of drug-likeness (QED) is 0.890. The number of benzene rings is 1. The number of hydrogen-bond donors (Lipinski definition) is 1. The van der Waals surface area contributed by atoms with Crippen LogP contribution in [0, 0.1) is 5.82 Å². The normalized spacial score (nSPS) is 20.2. The zero-order valence-corrected chi connectivity index (χ0v) is 10.9. The molecule has 1 aromatic rings. The first-order valence-electron chi connectivity index (χ1n) is 6.59. The molecule has 1 saturated heterocycles. The lowest BCUT2D eigenvalue weighted by molar-refractivity contribution is 0.0382. The monoisotopic (exact) mass is 252 g/mol. The van der Waals surface area contributed by atoms with Gasteiger partial charge in [0.05, 0.1) is 18.4 Å². The van der Waals surface area contributed by atoms with Gasteiger partial charge in [-0.25, -0.2) is 4.39 Å². The molecule has 1 aliphatic heterocycles. The minimum atomic E-state index is -0.155. The average Bonchev–Trinajstić information content (AvgIpc) is 2.39. The van der Waals surface area contributed by atoms with E-state index < -0.39 is 0 Å². The standard InChI is InChI=1S/C14H21FN2O/c1-2-12-10-17(7-8-18-12)14-4-3-11(5-6-16)9-13(14)15/h3-4,9,12H,2,5-8,10,16H2,1H3. The second-order valence-electron chi connectivity index (χ2n) is 4.67. The number of rotatable bonds is 4. The second-order valence-corrected chi connectivity index (χ2v) is 4.67. The predicted octanol–water partition coefficient (Wildman–Crippen LogP) is 1.94. The molecule has 0 aromatic heterocycles. The third-order valence-electron chi connectivity index (χ3n) is 3.38. The summed E-state index contributed by atoms with van der Waals surface area (Å²) in [4.78, 5) is 2.07. The first-order valence-corrected chi connectivity index (χ1v) is 6.59. The van der Waals surface area contributed by atoms with E-state index in [-0.39, 0.29) is 11.9 Å². The molecule has 2 N–H and O–H groups in total. The van der Waals surface area contributed by atoms with E-state index in [9.17, 15) is 4.39 Å². The van der Waals surface area contributed by atoms with Gasteiger partial charge in [-0.15, -0.1) is 0 Å². The van der Waals surface area contributed by atoms with E-state index in [0.29, 0.717) is 18.8 Å². The predicted molar refractivity (Wildman–Crippen MR) is 71.4 cm³/mol. The lowest BCUT2D eigenvalue weighted by atomic mass is 10.1. The lowest BCUT2D eigenvalue weighted by Gasteiger charge is -2.34. The van der Waals surface area contributed by atoms with Gasteiger partial charge in [0.1, 0.15) is 5.82 Å². The molecule has 1 aromatic carbocycles. The molecular formula is C14H21FN2O. The summed E-state index contributed by atoms with van der Waals surface area (Å²) in [5, 5.41) is 0. The number of anilines is 1. The fraction of sp³-hybridized carbons (Fsp3) is 0.571. The third kappa shape index (κ3) is 3.00. The zero-order valence-electron chi connectivity index (χ0n) is 10.9. The van der Waals surface area contributed by atoms with Crippen molar-refractivity contribution in [3.63, 3.8) is 0 Å². The topological polar surface area (TPSA) is 38.5 Å². The van der Waals surface area contributed by atoms with E-state index in [1.54, 1.807) is 6.07 Å². The van der Waals surface area contributed by atoms with Crippen LogP contribution in [0.25, 0.3) is 0 Å². The van der Waals surface area contributed by atoms with Crippen molar-refractivity contribution >= 4 is 5.69 Å². The molecule has 0 aliphatic carbocycles. The average molecular weight is 252 g/mol. The number of hydrogen-bond acceptors (Lipinski definition) is 3. The maximum Gasteiger partial charge on any atom is 0.146 e. The first kappa shape index (κ1) is 13.3. The van der Waals surface area contributed by atoms with Crippen LogP contribution >= 0.6 is 0 Å². The van der Waals surface area contributed by atoms with Crippen molar-refractivity contribution in [2.45, 2.75) is 25.9 Å². The molecule has 0 amide bonds. The summed E-state index contributed by atoms with van der Waals surface area (Å²) in [5.74, 6) is -0.155. The molecule has 3 nitrogen and oxygen atoms in total. The number of nitrogens with zero attached hydrogens (tertiary/aromatic N) is 1. The van der Waals surface area contributed by atoms with Crippen LogP contribution in [0.2, 0.25) is 0 Å². The van der Waals surface area contributed by atoms with Crippen LogP contribution in [0.4, 0.5) is 10.1 Å². The van der Waals surface area contributed by atoms with Crippen molar-refractivity contribution in [1.82, 2.24) is 0 Å². The Morgan fingerprint density at radius 2 is 2.33 bits per heavy atom. The molecule has 0 radical (unpaired) electrons.